The van der Waals surface area contributed by atoms with E-state index in [4.69, 9.17) is 0 Å². The number of rotatable bonds is 6. The van der Waals surface area contributed by atoms with E-state index in [0.717, 1.165) is 30.4 Å². The smallest absolute Gasteiger partial charge is 0.191 e. The van der Waals surface area contributed by atoms with Gasteiger partial charge in [-0.3, -0.25) is 4.98 Å². The second-order valence-electron chi connectivity index (χ2n) is 6.03. The number of aryl methyl sites for hydroxylation is 1. The second kappa shape index (κ2) is 9.33. The number of aromatic nitrogens is 1. The Kier molecular flexibility index (Phi) is 8.14. The van der Waals surface area contributed by atoms with Crippen LogP contribution in [0, 0.1) is 12.3 Å². The average Bonchev–Trinajstić information content (AvgIpc) is 2.44. The van der Waals surface area contributed by atoms with Crippen molar-refractivity contribution < 1.29 is 0 Å². The first kappa shape index (κ1) is 19.2. The molecular formula is C17H29IN4. The van der Waals surface area contributed by atoms with Gasteiger partial charge in [-0.2, -0.15) is 0 Å². The number of guanidine groups is 1. The number of nitrogens with zero attached hydrogens (tertiary/aromatic N) is 2. The lowest BCUT2D eigenvalue weighted by atomic mass is 9.67. The number of aliphatic imine (C=N–C) groups is 1. The summed E-state index contributed by atoms with van der Waals surface area (Å²) in [4.78, 5) is 9.15. The summed E-state index contributed by atoms with van der Waals surface area (Å²) in [5.74, 6) is 0.903. The number of hydrogen-bond acceptors (Lipinski definition) is 2. The van der Waals surface area contributed by atoms with Gasteiger partial charge in [0.25, 0.3) is 0 Å². The molecule has 22 heavy (non-hydrogen) atoms. The van der Waals surface area contributed by atoms with Crippen molar-refractivity contribution in [3.63, 3.8) is 0 Å². The molecule has 1 aliphatic rings. The highest BCUT2D eigenvalue weighted by Gasteiger charge is 2.34. The molecule has 5 heteroatoms. The summed E-state index contributed by atoms with van der Waals surface area (Å²) in [6.07, 6.45) is 5.31. The Morgan fingerprint density at radius 1 is 1.27 bits per heavy atom. The number of halogens is 1. The quantitative estimate of drug-likeness (QED) is 0.423. The van der Waals surface area contributed by atoms with E-state index in [9.17, 15) is 0 Å². The molecule has 0 saturated heterocycles. The van der Waals surface area contributed by atoms with Crippen molar-refractivity contribution in [1.82, 2.24) is 15.6 Å². The molecule has 0 radical (unpaired) electrons. The van der Waals surface area contributed by atoms with Gasteiger partial charge in [-0.05, 0) is 50.7 Å². The molecule has 1 saturated carbocycles. The fourth-order valence-electron chi connectivity index (χ4n) is 2.79. The lowest BCUT2D eigenvalue weighted by molar-refractivity contribution is 0.131. The van der Waals surface area contributed by atoms with Crippen molar-refractivity contribution >= 4 is 29.9 Å². The van der Waals surface area contributed by atoms with Crippen molar-refractivity contribution in [2.45, 2.75) is 53.0 Å². The molecule has 4 nitrogen and oxygen atoms in total. The summed E-state index contributed by atoms with van der Waals surface area (Å²) in [6.45, 7) is 8.93. The van der Waals surface area contributed by atoms with Crippen LogP contribution in [0.3, 0.4) is 0 Å². The van der Waals surface area contributed by atoms with E-state index in [0.29, 0.717) is 12.0 Å². The molecule has 0 bridgehead atoms. The van der Waals surface area contributed by atoms with Gasteiger partial charge in [-0.25, -0.2) is 4.99 Å². The Labute approximate surface area is 151 Å². The monoisotopic (exact) mass is 416 g/mol. The van der Waals surface area contributed by atoms with Gasteiger partial charge < -0.3 is 10.6 Å². The molecule has 1 heterocycles. The standard InChI is InChI=1S/C17H28N4.HI/c1-4-17(10-7-11-17)13-20-16(18-5-2)19-12-15-9-6-8-14(3)21-15;/h6,8-9H,4-5,7,10-13H2,1-3H3,(H2,18,19,20);1H. The summed E-state index contributed by atoms with van der Waals surface area (Å²) in [5, 5.41) is 6.83. The number of pyridine rings is 1. The number of nitrogens with one attached hydrogen (secondary N) is 2. The van der Waals surface area contributed by atoms with Crippen molar-refractivity contribution in [1.29, 1.82) is 0 Å². The average molecular weight is 416 g/mol. The Bertz CT molecular complexity index is 478. The molecule has 0 amide bonds. The molecule has 1 aromatic rings. The third kappa shape index (κ3) is 5.41. The van der Waals surface area contributed by atoms with E-state index in [1.54, 1.807) is 0 Å². The highest BCUT2D eigenvalue weighted by Crippen LogP contribution is 2.42. The zero-order valence-electron chi connectivity index (χ0n) is 14.0. The van der Waals surface area contributed by atoms with E-state index in [1.807, 2.05) is 25.1 Å². The van der Waals surface area contributed by atoms with Crippen LogP contribution < -0.4 is 10.6 Å². The van der Waals surface area contributed by atoms with Crippen LogP contribution in [0.25, 0.3) is 0 Å². The lowest BCUT2D eigenvalue weighted by Crippen LogP contribution is -2.46. The minimum atomic E-state index is 0. The summed E-state index contributed by atoms with van der Waals surface area (Å²) in [5.41, 5.74) is 2.55. The normalized spacial score (nSPS) is 16.4. The molecule has 1 fully saturated rings. The van der Waals surface area contributed by atoms with Gasteiger partial charge in [0, 0.05) is 18.8 Å². The van der Waals surface area contributed by atoms with Gasteiger partial charge >= 0.3 is 0 Å². The summed E-state index contributed by atoms with van der Waals surface area (Å²) < 4.78 is 0. The molecule has 2 N–H and O–H groups in total. The van der Waals surface area contributed by atoms with Crippen molar-refractivity contribution in [2.75, 3.05) is 13.1 Å². The van der Waals surface area contributed by atoms with Gasteiger partial charge in [0.15, 0.2) is 5.96 Å². The highest BCUT2D eigenvalue weighted by molar-refractivity contribution is 14.0. The topological polar surface area (TPSA) is 49.3 Å². The van der Waals surface area contributed by atoms with Gasteiger partial charge in [-0.1, -0.05) is 19.4 Å². The van der Waals surface area contributed by atoms with Crippen LogP contribution in [0.1, 0.15) is 50.9 Å². The Balaban J connectivity index is 0.00000242. The van der Waals surface area contributed by atoms with Crippen LogP contribution in [0.4, 0.5) is 0 Å². The molecule has 1 aliphatic carbocycles. The van der Waals surface area contributed by atoms with E-state index < -0.39 is 0 Å². The fraction of sp³-hybridized carbons (Fsp3) is 0.647. The number of hydrogen-bond donors (Lipinski definition) is 2. The first-order valence-corrected chi connectivity index (χ1v) is 8.12. The van der Waals surface area contributed by atoms with Gasteiger partial charge in [0.05, 0.1) is 12.2 Å². The summed E-state index contributed by atoms with van der Waals surface area (Å²) in [7, 11) is 0. The van der Waals surface area contributed by atoms with Crippen molar-refractivity contribution in [3.05, 3.63) is 29.6 Å². The van der Waals surface area contributed by atoms with E-state index in [2.05, 4.69) is 34.5 Å². The van der Waals surface area contributed by atoms with Gasteiger partial charge in [0.1, 0.15) is 0 Å². The van der Waals surface area contributed by atoms with Crippen molar-refractivity contribution in [2.24, 2.45) is 10.4 Å². The highest BCUT2D eigenvalue weighted by atomic mass is 127. The van der Waals surface area contributed by atoms with Crippen LogP contribution in [-0.2, 0) is 6.54 Å². The maximum Gasteiger partial charge on any atom is 0.191 e. The molecule has 0 spiro atoms. The largest absolute Gasteiger partial charge is 0.357 e. The fourth-order valence-corrected chi connectivity index (χ4v) is 2.79. The molecule has 0 atom stereocenters. The van der Waals surface area contributed by atoms with Crippen molar-refractivity contribution in [3.8, 4) is 0 Å². The minimum Gasteiger partial charge on any atom is -0.357 e. The predicted octanol–water partition coefficient (Wildman–Crippen LogP) is 3.64. The van der Waals surface area contributed by atoms with Crippen LogP contribution in [0.5, 0.6) is 0 Å². The van der Waals surface area contributed by atoms with Gasteiger partial charge in [-0.15, -0.1) is 24.0 Å². The Hall–Kier alpha value is -0.850. The first-order chi connectivity index (χ1) is 10.2. The SMILES string of the molecule is CCNC(=NCc1cccc(C)n1)NCC1(CC)CCC1.I. The molecule has 0 unspecified atom stereocenters. The Morgan fingerprint density at radius 2 is 2.05 bits per heavy atom. The Morgan fingerprint density at radius 3 is 2.59 bits per heavy atom. The zero-order chi connectivity index (χ0) is 15.1. The van der Waals surface area contributed by atoms with Crippen LogP contribution >= 0.6 is 24.0 Å². The molecule has 1 aromatic heterocycles. The van der Waals surface area contributed by atoms with E-state index in [1.165, 1.54) is 25.7 Å². The van der Waals surface area contributed by atoms with Gasteiger partial charge in [0.2, 0.25) is 0 Å². The third-order valence-electron chi connectivity index (χ3n) is 4.48. The predicted molar refractivity (Wildman–Crippen MR) is 104 cm³/mol. The molecular weight excluding hydrogens is 387 g/mol. The minimum absolute atomic E-state index is 0. The molecule has 0 aliphatic heterocycles. The zero-order valence-corrected chi connectivity index (χ0v) is 16.3. The van der Waals surface area contributed by atoms with Crippen LogP contribution in [-0.4, -0.2) is 24.0 Å². The summed E-state index contributed by atoms with van der Waals surface area (Å²) >= 11 is 0. The second-order valence-corrected chi connectivity index (χ2v) is 6.03. The van der Waals surface area contributed by atoms with Crippen LogP contribution in [0.2, 0.25) is 0 Å². The first-order valence-electron chi connectivity index (χ1n) is 8.12. The molecule has 0 aromatic carbocycles. The summed E-state index contributed by atoms with van der Waals surface area (Å²) in [6, 6.07) is 6.08. The van der Waals surface area contributed by atoms with E-state index in [-0.39, 0.29) is 24.0 Å². The maximum absolute atomic E-state index is 4.65. The third-order valence-corrected chi connectivity index (χ3v) is 4.48. The molecule has 124 valence electrons. The lowest BCUT2D eigenvalue weighted by Gasteiger charge is -2.41. The molecule has 2 rings (SSSR count). The van der Waals surface area contributed by atoms with E-state index >= 15 is 0 Å². The maximum atomic E-state index is 4.65. The van der Waals surface area contributed by atoms with Crippen LogP contribution in [0.15, 0.2) is 23.2 Å².